The molecule has 1 aliphatic heterocycles. The number of piperidine rings is 1. The number of nitrogens with one attached hydrogen (secondary N) is 2. The van der Waals surface area contributed by atoms with Crippen LogP contribution in [0.15, 0.2) is 0 Å². The molecular weight excluding hydrogens is 248 g/mol. The van der Waals surface area contributed by atoms with Gasteiger partial charge in [-0.15, -0.1) is 0 Å². The molecule has 20 heavy (non-hydrogen) atoms. The molecule has 0 aromatic rings. The van der Waals surface area contributed by atoms with Crippen molar-refractivity contribution in [1.29, 1.82) is 0 Å². The first-order valence-electron chi connectivity index (χ1n) is 8.89. The molecule has 1 heterocycles. The molecule has 0 aromatic carbocycles. The monoisotopic (exact) mass is 280 g/mol. The smallest absolute Gasteiger partial charge is 0.0586 e. The minimum atomic E-state index is 0.502. The Kier molecular flexibility index (Phi) is 5.36. The van der Waals surface area contributed by atoms with Crippen LogP contribution >= 0.6 is 0 Å². The van der Waals surface area contributed by atoms with E-state index in [0.29, 0.717) is 12.1 Å². The second kappa shape index (κ2) is 7.24. The molecule has 0 amide bonds. The molecule has 2 saturated carbocycles. The lowest BCUT2D eigenvalue weighted by Gasteiger charge is -2.41. The number of rotatable bonds is 4. The maximum absolute atomic E-state index is 5.52. The van der Waals surface area contributed by atoms with Gasteiger partial charge in [-0.05, 0) is 57.4 Å². The van der Waals surface area contributed by atoms with E-state index < -0.39 is 0 Å². The summed E-state index contributed by atoms with van der Waals surface area (Å²) >= 11 is 0. The van der Waals surface area contributed by atoms with E-state index in [9.17, 15) is 0 Å². The molecule has 1 saturated heterocycles. The number of ether oxygens (including phenoxy) is 1. The van der Waals surface area contributed by atoms with Crippen LogP contribution in [-0.4, -0.2) is 37.9 Å². The molecule has 0 aromatic heterocycles. The lowest BCUT2D eigenvalue weighted by atomic mass is 9.77. The zero-order valence-corrected chi connectivity index (χ0v) is 13.1. The summed E-state index contributed by atoms with van der Waals surface area (Å²) in [5.41, 5.74) is 0. The minimum Gasteiger partial charge on any atom is -0.381 e. The molecule has 2 aliphatic carbocycles. The normalized spacial score (nSPS) is 42.8. The van der Waals surface area contributed by atoms with Crippen molar-refractivity contribution in [3.63, 3.8) is 0 Å². The van der Waals surface area contributed by atoms with Gasteiger partial charge in [0, 0.05) is 25.2 Å². The SMILES string of the molecule is COC1CCC(NC2CCCCC2C2CCCCN2)C1. The van der Waals surface area contributed by atoms with Gasteiger partial charge >= 0.3 is 0 Å². The Bertz CT molecular complexity index is 291. The number of methoxy groups -OCH3 is 1. The molecule has 3 aliphatic rings. The van der Waals surface area contributed by atoms with E-state index in [2.05, 4.69) is 10.6 Å². The van der Waals surface area contributed by atoms with Crippen molar-refractivity contribution in [2.45, 2.75) is 88.4 Å². The summed E-state index contributed by atoms with van der Waals surface area (Å²) in [4.78, 5) is 0. The van der Waals surface area contributed by atoms with Crippen molar-refractivity contribution in [2.24, 2.45) is 5.92 Å². The quantitative estimate of drug-likeness (QED) is 0.831. The van der Waals surface area contributed by atoms with Gasteiger partial charge < -0.3 is 15.4 Å². The summed E-state index contributed by atoms with van der Waals surface area (Å²) in [6.07, 6.45) is 14.1. The van der Waals surface area contributed by atoms with Crippen molar-refractivity contribution in [1.82, 2.24) is 10.6 Å². The van der Waals surface area contributed by atoms with Crippen molar-refractivity contribution in [3.8, 4) is 0 Å². The zero-order valence-electron chi connectivity index (χ0n) is 13.1. The maximum Gasteiger partial charge on any atom is 0.0586 e. The van der Waals surface area contributed by atoms with Gasteiger partial charge in [-0.2, -0.15) is 0 Å². The third kappa shape index (κ3) is 3.55. The first-order chi connectivity index (χ1) is 9.86. The van der Waals surface area contributed by atoms with Crippen molar-refractivity contribution < 1.29 is 4.74 Å². The topological polar surface area (TPSA) is 33.3 Å². The van der Waals surface area contributed by atoms with Gasteiger partial charge in [0.2, 0.25) is 0 Å². The second-order valence-corrected chi connectivity index (χ2v) is 7.15. The van der Waals surface area contributed by atoms with Gasteiger partial charge in [0.1, 0.15) is 0 Å². The lowest BCUT2D eigenvalue weighted by Crippen LogP contribution is -2.52. The van der Waals surface area contributed by atoms with E-state index in [1.807, 2.05) is 7.11 Å². The third-order valence-corrected chi connectivity index (χ3v) is 5.85. The van der Waals surface area contributed by atoms with Crippen LogP contribution in [0.4, 0.5) is 0 Å². The van der Waals surface area contributed by atoms with Crippen molar-refractivity contribution >= 4 is 0 Å². The summed E-state index contributed by atoms with van der Waals surface area (Å²) in [7, 11) is 1.86. The van der Waals surface area contributed by atoms with Gasteiger partial charge in [0.15, 0.2) is 0 Å². The van der Waals surface area contributed by atoms with Crippen LogP contribution in [-0.2, 0) is 4.74 Å². The average molecular weight is 280 g/mol. The first kappa shape index (κ1) is 14.8. The summed E-state index contributed by atoms with van der Waals surface area (Å²) in [5, 5.41) is 7.81. The van der Waals surface area contributed by atoms with Crippen LogP contribution in [0.1, 0.15) is 64.2 Å². The molecule has 3 nitrogen and oxygen atoms in total. The molecule has 2 N–H and O–H groups in total. The first-order valence-corrected chi connectivity index (χ1v) is 8.89. The van der Waals surface area contributed by atoms with Gasteiger partial charge in [-0.25, -0.2) is 0 Å². The molecule has 0 radical (unpaired) electrons. The maximum atomic E-state index is 5.52. The lowest BCUT2D eigenvalue weighted by molar-refractivity contribution is 0.104. The Morgan fingerprint density at radius 2 is 1.80 bits per heavy atom. The highest BCUT2D eigenvalue weighted by molar-refractivity contribution is 4.93. The second-order valence-electron chi connectivity index (χ2n) is 7.15. The van der Waals surface area contributed by atoms with E-state index in [-0.39, 0.29) is 0 Å². The molecule has 5 atom stereocenters. The fourth-order valence-electron chi connectivity index (χ4n) is 4.70. The fraction of sp³-hybridized carbons (Fsp3) is 1.00. The Balaban J connectivity index is 1.55. The summed E-state index contributed by atoms with van der Waals surface area (Å²) < 4.78 is 5.52. The molecule has 0 spiro atoms. The van der Waals surface area contributed by atoms with Gasteiger partial charge in [-0.1, -0.05) is 19.3 Å². The standard InChI is InChI=1S/C17H32N2O/c1-20-14-10-9-13(12-14)19-17-8-3-2-6-15(17)16-7-4-5-11-18-16/h13-19H,2-12H2,1H3. The molecule has 0 bridgehead atoms. The molecule has 3 rings (SSSR count). The number of hydrogen-bond donors (Lipinski definition) is 2. The van der Waals surface area contributed by atoms with Gasteiger partial charge in [-0.3, -0.25) is 0 Å². The molecular formula is C17H32N2O. The van der Waals surface area contributed by atoms with E-state index in [1.165, 1.54) is 70.8 Å². The van der Waals surface area contributed by atoms with E-state index in [0.717, 1.165) is 18.0 Å². The predicted molar refractivity (Wildman–Crippen MR) is 83.0 cm³/mol. The summed E-state index contributed by atoms with van der Waals surface area (Å²) in [6, 6.07) is 2.23. The summed E-state index contributed by atoms with van der Waals surface area (Å²) in [6.45, 7) is 1.24. The molecule has 5 unspecified atom stereocenters. The average Bonchev–Trinajstić information content (AvgIpc) is 2.96. The molecule has 116 valence electrons. The summed E-state index contributed by atoms with van der Waals surface area (Å²) in [5.74, 6) is 0.866. The Hall–Kier alpha value is -0.120. The highest BCUT2D eigenvalue weighted by atomic mass is 16.5. The zero-order chi connectivity index (χ0) is 13.8. The Morgan fingerprint density at radius 3 is 2.55 bits per heavy atom. The van der Waals surface area contributed by atoms with E-state index >= 15 is 0 Å². The van der Waals surface area contributed by atoms with Crippen LogP contribution in [0, 0.1) is 5.92 Å². The van der Waals surface area contributed by atoms with Crippen molar-refractivity contribution in [3.05, 3.63) is 0 Å². The Morgan fingerprint density at radius 1 is 0.950 bits per heavy atom. The largest absolute Gasteiger partial charge is 0.381 e. The highest BCUT2D eigenvalue weighted by Gasteiger charge is 2.35. The molecule has 3 heteroatoms. The van der Waals surface area contributed by atoms with Crippen LogP contribution in [0.3, 0.4) is 0 Å². The van der Waals surface area contributed by atoms with Crippen LogP contribution in [0.25, 0.3) is 0 Å². The predicted octanol–water partition coefficient (Wildman–Crippen LogP) is 2.84. The Labute approximate surface area is 124 Å². The number of hydrogen-bond acceptors (Lipinski definition) is 3. The molecule has 3 fully saturated rings. The van der Waals surface area contributed by atoms with E-state index in [4.69, 9.17) is 4.74 Å². The van der Waals surface area contributed by atoms with E-state index in [1.54, 1.807) is 0 Å². The van der Waals surface area contributed by atoms with Crippen LogP contribution in [0.2, 0.25) is 0 Å². The minimum absolute atomic E-state index is 0.502. The van der Waals surface area contributed by atoms with Crippen molar-refractivity contribution in [2.75, 3.05) is 13.7 Å². The van der Waals surface area contributed by atoms with Crippen LogP contribution in [0.5, 0.6) is 0 Å². The van der Waals surface area contributed by atoms with Crippen LogP contribution < -0.4 is 10.6 Å². The highest BCUT2D eigenvalue weighted by Crippen LogP contribution is 2.32. The van der Waals surface area contributed by atoms with Gasteiger partial charge in [0.25, 0.3) is 0 Å². The fourth-order valence-corrected chi connectivity index (χ4v) is 4.70. The third-order valence-electron chi connectivity index (χ3n) is 5.85. The van der Waals surface area contributed by atoms with Gasteiger partial charge in [0.05, 0.1) is 6.10 Å².